The van der Waals surface area contributed by atoms with Gasteiger partial charge in [-0.1, -0.05) is 54.2 Å². The molecule has 0 aliphatic heterocycles. The highest BCUT2D eigenvalue weighted by Gasteiger charge is 2.42. The SMILES string of the molecule is CCC1CCCC(Cc2ccc(Br)cc2)(C(=O)O)C1. The number of carbonyl (C=O) groups is 1. The van der Waals surface area contributed by atoms with Gasteiger partial charge in [-0.15, -0.1) is 0 Å². The number of halogens is 1. The van der Waals surface area contributed by atoms with Crippen LogP contribution in [0, 0.1) is 11.3 Å². The van der Waals surface area contributed by atoms with E-state index in [4.69, 9.17) is 0 Å². The maximum Gasteiger partial charge on any atom is 0.309 e. The molecule has 19 heavy (non-hydrogen) atoms. The van der Waals surface area contributed by atoms with Crippen molar-refractivity contribution in [2.75, 3.05) is 0 Å². The molecule has 2 atom stereocenters. The maximum atomic E-state index is 11.8. The van der Waals surface area contributed by atoms with Gasteiger partial charge in [-0.2, -0.15) is 0 Å². The van der Waals surface area contributed by atoms with E-state index in [1.165, 1.54) is 6.42 Å². The minimum Gasteiger partial charge on any atom is -0.481 e. The van der Waals surface area contributed by atoms with Crippen LogP contribution < -0.4 is 0 Å². The first-order valence-electron chi connectivity index (χ1n) is 7.03. The Kier molecular flexibility index (Phi) is 4.67. The van der Waals surface area contributed by atoms with Gasteiger partial charge in [0.1, 0.15) is 0 Å². The Balaban J connectivity index is 2.19. The molecule has 0 heterocycles. The summed E-state index contributed by atoms with van der Waals surface area (Å²) in [4.78, 5) is 11.8. The summed E-state index contributed by atoms with van der Waals surface area (Å²) in [6, 6.07) is 8.05. The van der Waals surface area contributed by atoms with Gasteiger partial charge in [0.05, 0.1) is 5.41 Å². The van der Waals surface area contributed by atoms with Crippen molar-refractivity contribution in [3.63, 3.8) is 0 Å². The minimum atomic E-state index is -0.617. The average molecular weight is 325 g/mol. The molecule has 1 aliphatic carbocycles. The van der Waals surface area contributed by atoms with E-state index in [0.717, 1.165) is 35.7 Å². The van der Waals surface area contributed by atoms with Crippen LogP contribution in [0.1, 0.15) is 44.6 Å². The Morgan fingerprint density at radius 3 is 2.68 bits per heavy atom. The lowest BCUT2D eigenvalue weighted by Crippen LogP contribution is -2.38. The number of benzene rings is 1. The lowest BCUT2D eigenvalue weighted by Gasteiger charge is -2.37. The summed E-state index contributed by atoms with van der Waals surface area (Å²) in [5.74, 6) is -0.0473. The van der Waals surface area contributed by atoms with E-state index in [2.05, 4.69) is 22.9 Å². The van der Waals surface area contributed by atoms with E-state index in [9.17, 15) is 9.90 Å². The van der Waals surface area contributed by atoms with Gasteiger partial charge in [0, 0.05) is 4.47 Å². The average Bonchev–Trinajstić information content (AvgIpc) is 2.41. The molecule has 1 aromatic carbocycles. The quantitative estimate of drug-likeness (QED) is 0.874. The topological polar surface area (TPSA) is 37.3 Å². The Bertz CT molecular complexity index is 441. The summed E-state index contributed by atoms with van der Waals surface area (Å²) in [7, 11) is 0. The molecule has 2 unspecified atom stereocenters. The normalized spacial score (nSPS) is 27.2. The second kappa shape index (κ2) is 6.08. The number of rotatable bonds is 4. The molecule has 1 aromatic rings. The standard InChI is InChI=1S/C16H21BrO2/c1-2-12-4-3-9-16(10-12,15(18)19)11-13-5-7-14(17)8-6-13/h5-8,12H,2-4,9-11H2,1H3,(H,18,19). The fraction of sp³-hybridized carbons (Fsp3) is 0.562. The highest BCUT2D eigenvalue weighted by molar-refractivity contribution is 9.10. The highest BCUT2D eigenvalue weighted by Crippen LogP contribution is 2.43. The molecule has 0 spiro atoms. The van der Waals surface area contributed by atoms with E-state index in [-0.39, 0.29) is 0 Å². The van der Waals surface area contributed by atoms with E-state index < -0.39 is 11.4 Å². The van der Waals surface area contributed by atoms with Crippen molar-refractivity contribution in [3.05, 3.63) is 34.3 Å². The minimum absolute atomic E-state index is 0.549. The van der Waals surface area contributed by atoms with Crippen LogP contribution in [0.25, 0.3) is 0 Å². The Labute approximate surface area is 123 Å². The fourth-order valence-electron chi connectivity index (χ4n) is 3.26. The summed E-state index contributed by atoms with van der Waals surface area (Å²) in [6.07, 6.45) is 5.62. The molecule has 0 radical (unpaired) electrons. The lowest BCUT2D eigenvalue weighted by molar-refractivity contribution is -0.152. The number of hydrogen-bond donors (Lipinski definition) is 1. The molecule has 2 nitrogen and oxygen atoms in total. The summed E-state index contributed by atoms with van der Waals surface area (Å²) < 4.78 is 1.04. The van der Waals surface area contributed by atoms with Crippen LogP contribution in [0.4, 0.5) is 0 Å². The molecule has 104 valence electrons. The first-order chi connectivity index (χ1) is 9.05. The second-order valence-electron chi connectivity index (χ2n) is 5.76. The molecule has 1 fully saturated rings. The predicted octanol–water partition coefficient (Wildman–Crippen LogP) is 4.66. The van der Waals surface area contributed by atoms with Crippen molar-refractivity contribution in [1.29, 1.82) is 0 Å². The van der Waals surface area contributed by atoms with E-state index in [0.29, 0.717) is 12.3 Å². The smallest absolute Gasteiger partial charge is 0.309 e. The van der Waals surface area contributed by atoms with Gasteiger partial charge in [-0.3, -0.25) is 4.79 Å². The first kappa shape index (κ1) is 14.6. The molecule has 0 saturated heterocycles. The zero-order valence-corrected chi connectivity index (χ0v) is 12.9. The van der Waals surface area contributed by atoms with Crippen molar-refractivity contribution < 1.29 is 9.90 Å². The van der Waals surface area contributed by atoms with E-state index in [1.54, 1.807) is 0 Å². The van der Waals surface area contributed by atoms with Gasteiger partial charge >= 0.3 is 5.97 Å². The maximum absolute atomic E-state index is 11.8. The van der Waals surface area contributed by atoms with Crippen LogP contribution in [0.2, 0.25) is 0 Å². The number of carboxylic acids is 1. The number of hydrogen-bond acceptors (Lipinski definition) is 1. The van der Waals surface area contributed by atoms with Gasteiger partial charge in [0.2, 0.25) is 0 Å². The first-order valence-corrected chi connectivity index (χ1v) is 7.83. The summed E-state index contributed by atoms with van der Waals surface area (Å²) in [5, 5.41) is 9.71. The van der Waals surface area contributed by atoms with Crippen LogP contribution in [0.3, 0.4) is 0 Å². The Hall–Kier alpha value is -0.830. The largest absolute Gasteiger partial charge is 0.481 e. The van der Waals surface area contributed by atoms with E-state index >= 15 is 0 Å². The zero-order valence-electron chi connectivity index (χ0n) is 11.4. The summed E-state index contributed by atoms with van der Waals surface area (Å²) in [6.45, 7) is 2.17. The number of carboxylic acid groups (broad SMARTS) is 1. The third kappa shape index (κ3) is 3.38. The Morgan fingerprint density at radius 2 is 2.11 bits per heavy atom. The van der Waals surface area contributed by atoms with Gasteiger partial charge in [-0.25, -0.2) is 0 Å². The van der Waals surface area contributed by atoms with Crippen LogP contribution >= 0.6 is 15.9 Å². The van der Waals surface area contributed by atoms with Crippen LogP contribution in [-0.2, 0) is 11.2 Å². The van der Waals surface area contributed by atoms with Gasteiger partial charge in [-0.05, 0) is 42.9 Å². The molecule has 1 N–H and O–H groups in total. The molecule has 0 bridgehead atoms. The van der Waals surface area contributed by atoms with Crippen LogP contribution in [0.15, 0.2) is 28.7 Å². The molecule has 0 amide bonds. The van der Waals surface area contributed by atoms with Crippen molar-refractivity contribution in [1.82, 2.24) is 0 Å². The predicted molar refractivity (Wildman–Crippen MR) is 80.2 cm³/mol. The highest BCUT2D eigenvalue weighted by atomic mass is 79.9. The monoisotopic (exact) mass is 324 g/mol. The zero-order chi connectivity index (χ0) is 13.9. The summed E-state index contributed by atoms with van der Waals surface area (Å²) >= 11 is 3.42. The lowest BCUT2D eigenvalue weighted by atomic mass is 9.66. The van der Waals surface area contributed by atoms with Gasteiger partial charge in [0.25, 0.3) is 0 Å². The molecule has 3 heteroatoms. The Morgan fingerprint density at radius 1 is 1.42 bits per heavy atom. The van der Waals surface area contributed by atoms with Crippen molar-refractivity contribution in [3.8, 4) is 0 Å². The van der Waals surface area contributed by atoms with Crippen molar-refractivity contribution >= 4 is 21.9 Å². The fourth-order valence-corrected chi connectivity index (χ4v) is 3.52. The van der Waals surface area contributed by atoms with Gasteiger partial charge < -0.3 is 5.11 Å². The molecular weight excluding hydrogens is 304 g/mol. The summed E-state index contributed by atoms with van der Waals surface area (Å²) in [5.41, 5.74) is 0.578. The molecule has 1 saturated carbocycles. The van der Waals surface area contributed by atoms with Gasteiger partial charge in [0.15, 0.2) is 0 Å². The van der Waals surface area contributed by atoms with Crippen molar-refractivity contribution in [2.45, 2.75) is 45.4 Å². The molecule has 0 aromatic heterocycles. The third-order valence-electron chi connectivity index (χ3n) is 4.43. The molecule has 2 rings (SSSR count). The van der Waals surface area contributed by atoms with Crippen LogP contribution in [-0.4, -0.2) is 11.1 Å². The molecule has 1 aliphatic rings. The molecular formula is C16H21BrO2. The van der Waals surface area contributed by atoms with Crippen molar-refractivity contribution in [2.24, 2.45) is 11.3 Å². The van der Waals surface area contributed by atoms with E-state index in [1.807, 2.05) is 24.3 Å². The third-order valence-corrected chi connectivity index (χ3v) is 4.96. The second-order valence-corrected chi connectivity index (χ2v) is 6.68. The number of aliphatic carboxylic acids is 1. The van der Waals surface area contributed by atoms with Crippen LogP contribution in [0.5, 0.6) is 0 Å².